The number of hydrogen-bond donors (Lipinski definition) is 3. The van der Waals surface area contributed by atoms with Crippen LogP contribution in [0.15, 0.2) is 54.6 Å². The van der Waals surface area contributed by atoms with E-state index < -0.39 is 0 Å². The molecule has 128 valence electrons. The van der Waals surface area contributed by atoms with E-state index in [0.29, 0.717) is 22.9 Å². The first-order valence-electron chi connectivity index (χ1n) is 7.68. The van der Waals surface area contributed by atoms with E-state index in [2.05, 4.69) is 5.32 Å². The van der Waals surface area contributed by atoms with Crippen LogP contribution in [-0.4, -0.2) is 22.7 Å². The minimum atomic E-state index is -0.158. The Kier molecular flexibility index (Phi) is 5.26. The molecule has 1 amide bonds. The van der Waals surface area contributed by atoms with Crippen molar-refractivity contribution in [2.75, 3.05) is 6.54 Å². The molecule has 6 heteroatoms. The number of carbonyl (C=O) groups excluding carboxylic acids is 1. The molecule has 0 unspecified atom stereocenters. The lowest BCUT2D eigenvalue weighted by molar-refractivity contribution is 0.0958. The van der Waals surface area contributed by atoms with Gasteiger partial charge in [0.2, 0.25) is 0 Å². The van der Waals surface area contributed by atoms with E-state index in [4.69, 9.17) is 11.6 Å². The third-order valence-corrected chi connectivity index (χ3v) is 5.08. The van der Waals surface area contributed by atoms with Gasteiger partial charge in [-0.1, -0.05) is 29.8 Å². The van der Waals surface area contributed by atoms with Crippen molar-refractivity contribution in [3.05, 3.63) is 70.1 Å². The normalized spacial score (nSPS) is 10.6. The summed E-state index contributed by atoms with van der Waals surface area (Å²) in [5.74, 6) is -0.441. The molecular formula is C19H16ClNO3S. The number of carbonyl (C=O) groups is 1. The smallest absolute Gasteiger partial charge is 0.261 e. The SMILES string of the molecule is O=C(NCCc1ccc(O)c(O)c1)c1ccc(-c2ccc(Cl)cc2)s1. The highest BCUT2D eigenvalue weighted by atomic mass is 35.5. The topological polar surface area (TPSA) is 69.6 Å². The average molecular weight is 374 g/mol. The maximum atomic E-state index is 12.2. The van der Waals surface area contributed by atoms with Crippen LogP contribution in [0.1, 0.15) is 15.2 Å². The van der Waals surface area contributed by atoms with Crippen molar-refractivity contribution in [3.8, 4) is 21.9 Å². The van der Waals surface area contributed by atoms with Crippen molar-refractivity contribution in [1.29, 1.82) is 0 Å². The van der Waals surface area contributed by atoms with Gasteiger partial charge in [0.1, 0.15) is 0 Å². The Hall–Kier alpha value is -2.50. The van der Waals surface area contributed by atoms with E-state index in [-0.39, 0.29) is 17.4 Å². The zero-order valence-electron chi connectivity index (χ0n) is 13.2. The van der Waals surface area contributed by atoms with E-state index in [9.17, 15) is 15.0 Å². The molecule has 2 aromatic carbocycles. The molecule has 0 fully saturated rings. The molecule has 0 aliphatic carbocycles. The van der Waals surface area contributed by atoms with Gasteiger partial charge in [-0.05, 0) is 53.9 Å². The van der Waals surface area contributed by atoms with Gasteiger partial charge in [0.25, 0.3) is 5.91 Å². The van der Waals surface area contributed by atoms with Crippen molar-refractivity contribution < 1.29 is 15.0 Å². The maximum Gasteiger partial charge on any atom is 0.261 e. The van der Waals surface area contributed by atoms with Gasteiger partial charge in [-0.3, -0.25) is 4.79 Å². The number of phenols is 2. The van der Waals surface area contributed by atoms with Crippen molar-refractivity contribution >= 4 is 28.8 Å². The Morgan fingerprint density at radius 2 is 1.76 bits per heavy atom. The summed E-state index contributed by atoms with van der Waals surface area (Å²) in [5.41, 5.74) is 1.86. The number of aromatic hydroxyl groups is 2. The van der Waals surface area contributed by atoms with Gasteiger partial charge in [0, 0.05) is 16.4 Å². The molecule has 3 rings (SSSR count). The number of halogens is 1. The summed E-state index contributed by atoms with van der Waals surface area (Å²) < 4.78 is 0. The minimum absolute atomic E-state index is 0.131. The average Bonchev–Trinajstić information content (AvgIpc) is 3.09. The number of rotatable bonds is 5. The van der Waals surface area contributed by atoms with Crippen LogP contribution in [0.3, 0.4) is 0 Å². The lowest BCUT2D eigenvalue weighted by Gasteiger charge is -2.05. The fraction of sp³-hybridized carbons (Fsp3) is 0.105. The Morgan fingerprint density at radius 3 is 2.48 bits per heavy atom. The second-order valence-electron chi connectivity index (χ2n) is 5.50. The number of thiophene rings is 1. The summed E-state index contributed by atoms with van der Waals surface area (Å²) in [7, 11) is 0. The molecule has 0 saturated carbocycles. The van der Waals surface area contributed by atoms with Crippen LogP contribution in [0.4, 0.5) is 0 Å². The quantitative estimate of drug-likeness (QED) is 0.578. The van der Waals surface area contributed by atoms with Crippen LogP contribution in [-0.2, 0) is 6.42 Å². The Bertz CT molecular complexity index is 890. The highest BCUT2D eigenvalue weighted by molar-refractivity contribution is 7.17. The Balaban J connectivity index is 1.58. The van der Waals surface area contributed by atoms with E-state index in [1.165, 1.54) is 23.5 Å². The first-order chi connectivity index (χ1) is 12.0. The zero-order valence-corrected chi connectivity index (χ0v) is 14.8. The third-order valence-electron chi connectivity index (χ3n) is 3.70. The number of hydrogen-bond acceptors (Lipinski definition) is 4. The molecule has 0 spiro atoms. The second-order valence-corrected chi connectivity index (χ2v) is 7.02. The first kappa shape index (κ1) is 17.3. The van der Waals surface area contributed by atoms with Gasteiger partial charge in [0.15, 0.2) is 11.5 Å². The van der Waals surface area contributed by atoms with Crippen molar-refractivity contribution in [2.45, 2.75) is 6.42 Å². The summed E-state index contributed by atoms with van der Waals surface area (Å²) in [6, 6.07) is 15.9. The monoisotopic (exact) mass is 373 g/mol. The Morgan fingerprint density at radius 1 is 1.00 bits per heavy atom. The zero-order chi connectivity index (χ0) is 17.8. The molecule has 25 heavy (non-hydrogen) atoms. The summed E-state index contributed by atoms with van der Waals surface area (Å²) >= 11 is 7.31. The fourth-order valence-electron chi connectivity index (χ4n) is 2.36. The van der Waals surface area contributed by atoms with E-state index in [0.717, 1.165) is 16.0 Å². The van der Waals surface area contributed by atoms with Crippen molar-refractivity contribution in [2.24, 2.45) is 0 Å². The van der Waals surface area contributed by atoms with Crippen LogP contribution in [0.5, 0.6) is 11.5 Å². The van der Waals surface area contributed by atoms with Gasteiger partial charge >= 0.3 is 0 Å². The van der Waals surface area contributed by atoms with E-state index in [1.807, 2.05) is 30.3 Å². The largest absolute Gasteiger partial charge is 0.504 e. The fourth-order valence-corrected chi connectivity index (χ4v) is 3.42. The van der Waals surface area contributed by atoms with Crippen molar-refractivity contribution in [1.82, 2.24) is 5.32 Å². The molecule has 3 aromatic rings. The lowest BCUT2D eigenvalue weighted by Crippen LogP contribution is -2.24. The third kappa shape index (κ3) is 4.32. The Labute approximate surface area is 154 Å². The number of nitrogens with one attached hydrogen (secondary N) is 1. The van der Waals surface area contributed by atoms with Crippen LogP contribution in [0.25, 0.3) is 10.4 Å². The van der Waals surface area contributed by atoms with Gasteiger partial charge in [-0.15, -0.1) is 11.3 Å². The van der Waals surface area contributed by atoms with Crippen LogP contribution >= 0.6 is 22.9 Å². The predicted molar refractivity (Wildman–Crippen MR) is 101 cm³/mol. The summed E-state index contributed by atoms with van der Waals surface area (Å²) in [6.45, 7) is 0.442. The standard InChI is InChI=1S/C19H16ClNO3S/c20-14-4-2-13(3-5-14)17-7-8-18(25-17)19(24)21-10-9-12-1-6-15(22)16(23)11-12/h1-8,11,22-23H,9-10H2,(H,21,24). The number of benzene rings is 2. The predicted octanol–water partition coefficient (Wildman–Crippen LogP) is 4.45. The van der Waals surface area contributed by atoms with Crippen LogP contribution in [0, 0.1) is 0 Å². The van der Waals surface area contributed by atoms with Gasteiger partial charge < -0.3 is 15.5 Å². The molecule has 4 nitrogen and oxygen atoms in total. The lowest BCUT2D eigenvalue weighted by atomic mass is 10.1. The summed E-state index contributed by atoms with van der Waals surface area (Å²) in [4.78, 5) is 13.9. The summed E-state index contributed by atoms with van der Waals surface area (Å²) in [6.07, 6.45) is 0.564. The minimum Gasteiger partial charge on any atom is -0.504 e. The first-order valence-corrected chi connectivity index (χ1v) is 8.87. The molecule has 0 bridgehead atoms. The number of phenolic OH excluding ortho intramolecular Hbond substituents is 2. The van der Waals surface area contributed by atoms with E-state index >= 15 is 0 Å². The van der Waals surface area contributed by atoms with Gasteiger partial charge in [-0.2, -0.15) is 0 Å². The molecule has 0 aliphatic rings. The highest BCUT2D eigenvalue weighted by Gasteiger charge is 2.10. The molecule has 0 atom stereocenters. The molecule has 1 aromatic heterocycles. The van der Waals surface area contributed by atoms with Gasteiger partial charge in [-0.25, -0.2) is 0 Å². The van der Waals surface area contributed by atoms with E-state index in [1.54, 1.807) is 12.1 Å². The second kappa shape index (κ2) is 7.59. The molecule has 0 radical (unpaired) electrons. The van der Waals surface area contributed by atoms with Crippen LogP contribution in [0.2, 0.25) is 5.02 Å². The summed E-state index contributed by atoms with van der Waals surface area (Å²) in [5, 5.41) is 22.3. The molecule has 0 aliphatic heterocycles. The van der Waals surface area contributed by atoms with Crippen LogP contribution < -0.4 is 5.32 Å². The highest BCUT2D eigenvalue weighted by Crippen LogP contribution is 2.29. The molecular weight excluding hydrogens is 358 g/mol. The molecule has 0 saturated heterocycles. The van der Waals surface area contributed by atoms with Crippen molar-refractivity contribution in [3.63, 3.8) is 0 Å². The maximum absolute atomic E-state index is 12.2. The van der Waals surface area contributed by atoms with Gasteiger partial charge in [0.05, 0.1) is 4.88 Å². The number of amides is 1. The molecule has 1 heterocycles. The molecule has 3 N–H and O–H groups in total.